The zero-order chi connectivity index (χ0) is 9.84. The number of rotatable bonds is 2. The lowest BCUT2D eigenvalue weighted by Gasteiger charge is -2.27. The molecule has 1 saturated heterocycles. The summed E-state index contributed by atoms with van der Waals surface area (Å²) >= 11 is 0. The first kappa shape index (κ1) is 10.5. The average molecular weight is 185 g/mol. The van der Waals surface area contributed by atoms with E-state index in [1.807, 2.05) is 14.1 Å². The molecule has 4 nitrogen and oxygen atoms in total. The quantitative estimate of drug-likeness (QED) is 0.587. The van der Waals surface area contributed by atoms with Crippen molar-refractivity contribution in [2.75, 3.05) is 27.2 Å². The number of hydrogen-bond acceptors (Lipinski definition) is 3. The number of hydrogen-bond donors (Lipinski definition) is 2. The fraction of sp³-hybridized carbons (Fsp3) is 0.889. The van der Waals surface area contributed by atoms with E-state index >= 15 is 0 Å². The molecule has 2 unspecified atom stereocenters. The number of carbonyl (C=O) groups excluding carboxylic acids is 1. The number of nitrogens with zero attached hydrogens (tertiary/aromatic N) is 1. The second-order valence-corrected chi connectivity index (χ2v) is 4.07. The lowest BCUT2D eigenvalue weighted by atomic mass is 9.91. The molecule has 13 heavy (non-hydrogen) atoms. The molecule has 76 valence electrons. The highest BCUT2D eigenvalue weighted by Crippen LogP contribution is 2.15. The van der Waals surface area contributed by atoms with Crippen molar-refractivity contribution in [3.8, 4) is 0 Å². The first-order valence-corrected chi connectivity index (χ1v) is 4.78. The summed E-state index contributed by atoms with van der Waals surface area (Å²) in [6.07, 6.45) is 0.993. The Bertz CT molecular complexity index is 182. The normalized spacial score (nSPS) is 28.9. The highest BCUT2D eigenvalue weighted by Gasteiger charge is 2.24. The zero-order valence-corrected chi connectivity index (χ0v) is 8.63. The minimum absolute atomic E-state index is 0.129. The Kier molecular flexibility index (Phi) is 3.69. The molecule has 0 aromatic heterocycles. The maximum absolute atomic E-state index is 11.6. The first-order chi connectivity index (χ1) is 6.09. The molecule has 1 heterocycles. The van der Waals surface area contributed by atoms with E-state index in [0.29, 0.717) is 5.92 Å². The fourth-order valence-electron chi connectivity index (χ4n) is 1.67. The molecule has 0 radical (unpaired) electrons. The molecule has 0 bridgehead atoms. The standard InChI is InChI=1S/C9H19N3O/c1-7-4-8(6-10-5-7)9(13)11-12(2)3/h7-8,10H,4-6H2,1-3H3,(H,11,13). The lowest BCUT2D eigenvalue weighted by Crippen LogP contribution is -2.47. The minimum Gasteiger partial charge on any atom is -0.316 e. The Balaban J connectivity index is 2.37. The van der Waals surface area contributed by atoms with Gasteiger partial charge in [-0.05, 0) is 18.9 Å². The van der Waals surface area contributed by atoms with Crippen LogP contribution in [-0.4, -0.2) is 38.1 Å². The van der Waals surface area contributed by atoms with Crippen molar-refractivity contribution in [2.24, 2.45) is 11.8 Å². The van der Waals surface area contributed by atoms with Crippen LogP contribution < -0.4 is 10.7 Å². The third kappa shape index (κ3) is 3.32. The van der Waals surface area contributed by atoms with Crippen molar-refractivity contribution < 1.29 is 4.79 Å². The Hall–Kier alpha value is -0.610. The van der Waals surface area contributed by atoms with Gasteiger partial charge >= 0.3 is 0 Å². The molecular formula is C9H19N3O. The van der Waals surface area contributed by atoms with Crippen molar-refractivity contribution in [3.05, 3.63) is 0 Å². The van der Waals surface area contributed by atoms with E-state index in [0.717, 1.165) is 19.5 Å². The van der Waals surface area contributed by atoms with Crippen LogP contribution in [0.5, 0.6) is 0 Å². The number of hydrazine groups is 1. The number of nitrogens with one attached hydrogen (secondary N) is 2. The monoisotopic (exact) mass is 185 g/mol. The Labute approximate surface area is 79.6 Å². The molecule has 1 aliphatic rings. The van der Waals surface area contributed by atoms with Crippen LogP contribution in [0.1, 0.15) is 13.3 Å². The predicted octanol–water partition coefficient (Wildman–Crippen LogP) is -0.175. The highest BCUT2D eigenvalue weighted by molar-refractivity contribution is 5.78. The summed E-state index contributed by atoms with van der Waals surface area (Å²) in [4.78, 5) is 11.6. The fourth-order valence-corrected chi connectivity index (χ4v) is 1.67. The van der Waals surface area contributed by atoms with Gasteiger partial charge < -0.3 is 5.32 Å². The van der Waals surface area contributed by atoms with Crippen molar-refractivity contribution in [2.45, 2.75) is 13.3 Å². The SMILES string of the molecule is CC1CNCC(C(=O)NN(C)C)C1. The molecule has 1 fully saturated rings. The third-order valence-electron chi connectivity index (χ3n) is 2.28. The van der Waals surface area contributed by atoms with E-state index in [9.17, 15) is 4.79 Å². The summed E-state index contributed by atoms with van der Waals surface area (Å²) in [5.74, 6) is 0.863. The maximum Gasteiger partial charge on any atom is 0.238 e. The molecule has 1 aliphatic heterocycles. The van der Waals surface area contributed by atoms with Gasteiger partial charge in [-0.15, -0.1) is 0 Å². The van der Waals surface area contributed by atoms with Gasteiger partial charge in [0.25, 0.3) is 0 Å². The highest BCUT2D eigenvalue weighted by atomic mass is 16.2. The molecule has 2 atom stereocenters. The molecule has 1 amide bonds. The molecule has 0 aromatic carbocycles. The van der Waals surface area contributed by atoms with Crippen LogP contribution in [0.2, 0.25) is 0 Å². The maximum atomic E-state index is 11.6. The van der Waals surface area contributed by atoms with E-state index in [1.54, 1.807) is 5.01 Å². The van der Waals surface area contributed by atoms with Crippen molar-refractivity contribution >= 4 is 5.91 Å². The Morgan fingerprint density at radius 3 is 2.69 bits per heavy atom. The van der Waals surface area contributed by atoms with Gasteiger partial charge in [-0.2, -0.15) is 0 Å². The predicted molar refractivity (Wildman–Crippen MR) is 52.0 cm³/mol. The van der Waals surface area contributed by atoms with E-state index in [-0.39, 0.29) is 11.8 Å². The molecule has 0 aliphatic carbocycles. The van der Waals surface area contributed by atoms with Gasteiger partial charge in [0, 0.05) is 20.6 Å². The second-order valence-electron chi connectivity index (χ2n) is 4.07. The largest absolute Gasteiger partial charge is 0.316 e. The molecule has 1 rings (SSSR count). The smallest absolute Gasteiger partial charge is 0.238 e. The van der Waals surface area contributed by atoms with E-state index in [1.165, 1.54) is 0 Å². The van der Waals surface area contributed by atoms with Gasteiger partial charge in [-0.25, -0.2) is 5.01 Å². The number of piperidine rings is 1. The van der Waals surface area contributed by atoms with Crippen LogP contribution >= 0.6 is 0 Å². The zero-order valence-electron chi connectivity index (χ0n) is 8.63. The Morgan fingerprint density at radius 1 is 1.46 bits per heavy atom. The van der Waals surface area contributed by atoms with Gasteiger partial charge in [0.2, 0.25) is 5.91 Å². The summed E-state index contributed by atoms with van der Waals surface area (Å²) < 4.78 is 0. The van der Waals surface area contributed by atoms with Crippen molar-refractivity contribution in [1.29, 1.82) is 0 Å². The van der Waals surface area contributed by atoms with Crippen LogP contribution in [0, 0.1) is 11.8 Å². The van der Waals surface area contributed by atoms with Gasteiger partial charge in [0.15, 0.2) is 0 Å². The minimum atomic E-state index is 0.129. The van der Waals surface area contributed by atoms with Crippen LogP contribution in [0.25, 0.3) is 0 Å². The lowest BCUT2D eigenvalue weighted by molar-refractivity contribution is -0.129. The number of carbonyl (C=O) groups is 1. The molecule has 2 N–H and O–H groups in total. The van der Waals surface area contributed by atoms with E-state index < -0.39 is 0 Å². The first-order valence-electron chi connectivity index (χ1n) is 4.78. The summed E-state index contributed by atoms with van der Waals surface area (Å²) in [5.41, 5.74) is 2.79. The van der Waals surface area contributed by atoms with Gasteiger partial charge in [-0.1, -0.05) is 6.92 Å². The average Bonchev–Trinajstić information content (AvgIpc) is 2.03. The van der Waals surface area contributed by atoms with Gasteiger partial charge in [-0.3, -0.25) is 10.2 Å². The molecule has 0 aromatic rings. The summed E-state index contributed by atoms with van der Waals surface area (Å²) in [6.45, 7) is 4.01. The Morgan fingerprint density at radius 2 is 2.15 bits per heavy atom. The van der Waals surface area contributed by atoms with Crippen LogP contribution in [-0.2, 0) is 4.79 Å². The van der Waals surface area contributed by atoms with Crippen molar-refractivity contribution in [3.63, 3.8) is 0 Å². The van der Waals surface area contributed by atoms with Crippen LogP contribution in [0.4, 0.5) is 0 Å². The second kappa shape index (κ2) is 4.58. The summed E-state index contributed by atoms with van der Waals surface area (Å²) in [6, 6.07) is 0. The van der Waals surface area contributed by atoms with Gasteiger partial charge in [0.1, 0.15) is 0 Å². The molecule has 4 heteroatoms. The molecule has 0 saturated carbocycles. The third-order valence-corrected chi connectivity index (χ3v) is 2.28. The topological polar surface area (TPSA) is 44.4 Å². The summed E-state index contributed by atoms with van der Waals surface area (Å²) in [5, 5.41) is 4.96. The summed E-state index contributed by atoms with van der Waals surface area (Å²) in [7, 11) is 3.66. The molecular weight excluding hydrogens is 166 g/mol. The van der Waals surface area contributed by atoms with Crippen molar-refractivity contribution in [1.82, 2.24) is 15.8 Å². The molecule has 0 spiro atoms. The van der Waals surface area contributed by atoms with E-state index in [2.05, 4.69) is 17.7 Å². The van der Waals surface area contributed by atoms with E-state index in [4.69, 9.17) is 0 Å². The number of amides is 1. The van der Waals surface area contributed by atoms with Crippen LogP contribution in [0.3, 0.4) is 0 Å². The van der Waals surface area contributed by atoms with Crippen LogP contribution in [0.15, 0.2) is 0 Å². The van der Waals surface area contributed by atoms with Gasteiger partial charge in [0.05, 0.1) is 5.92 Å².